The number of nitrogens with one attached hydrogen (secondary N) is 1. The van der Waals surface area contributed by atoms with E-state index >= 15 is 0 Å². The van der Waals surface area contributed by atoms with Crippen molar-refractivity contribution in [3.05, 3.63) is 18.0 Å². The molecule has 7 heteroatoms. The number of nitrogens with zero attached hydrogens (tertiary/aromatic N) is 3. The monoisotopic (exact) mass is 307 g/mol. The van der Waals surface area contributed by atoms with Crippen LogP contribution in [0.1, 0.15) is 50.6 Å². The predicted molar refractivity (Wildman–Crippen MR) is 82.9 cm³/mol. The molecule has 0 radical (unpaired) electrons. The fraction of sp³-hybridized carbons (Fsp3) is 0.667. The number of nitrogens with two attached hydrogens (primary N) is 1. The maximum atomic E-state index is 12.8. The molecule has 2 atom stereocenters. The van der Waals surface area contributed by atoms with Gasteiger partial charge in [0.05, 0.1) is 12.2 Å². The van der Waals surface area contributed by atoms with Crippen LogP contribution in [0.4, 0.5) is 4.79 Å². The topological polar surface area (TPSA) is 93.2 Å². The number of primary amides is 1. The van der Waals surface area contributed by atoms with E-state index in [9.17, 15) is 9.59 Å². The van der Waals surface area contributed by atoms with Crippen molar-refractivity contribution in [2.45, 2.75) is 51.1 Å². The molecule has 122 valence electrons. The third-order valence-electron chi connectivity index (χ3n) is 4.11. The van der Waals surface area contributed by atoms with Gasteiger partial charge in [0.15, 0.2) is 0 Å². The van der Waals surface area contributed by atoms with Crippen molar-refractivity contribution in [1.29, 1.82) is 0 Å². The molecule has 1 aromatic rings. The van der Waals surface area contributed by atoms with Gasteiger partial charge in [0.25, 0.3) is 0 Å². The summed E-state index contributed by atoms with van der Waals surface area (Å²) in [5.74, 6) is -0.0430. The maximum Gasteiger partial charge on any atom is 0.312 e. The number of aromatic nitrogens is 2. The van der Waals surface area contributed by atoms with Crippen molar-refractivity contribution in [1.82, 2.24) is 20.0 Å². The fourth-order valence-corrected chi connectivity index (χ4v) is 3.03. The molecule has 2 rings (SSSR count). The Morgan fingerprint density at radius 2 is 2.32 bits per heavy atom. The van der Waals surface area contributed by atoms with Crippen LogP contribution in [-0.4, -0.2) is 39.2 Å². The molecule has 0 aromatic carbocycles. The Labute approximate surface area is 130 Å². The highest BCUT2D eigenvalue weighted by molar-refractivity contribution is 5.87. The Bertz CT molecular complexity index is 528. The zero-order valence-electron chi connectivity index (χ0n) is 13.3. The first kappa shape index (κ1) is 16.3. The van der Waals surface area contributed by atoms with Crippen molar-refractivity contribution in [3.8, 4) is 0 Å². The normalized spacial score (nSPS) is 19.2. The second-order valence-corrected chi connectivity index (χ2v) is 5.84. The van der Waals surface area contributed by atoms with Crippen LogP contribution in [0, 0.1) is 0 Å². The molecule has 1 aromatic heterocycles. The van der Waals surface area contributed by atoms with Crippen molar-refractivity contribution >= 4 is 11.9 Å². The molecule has 1 aliphatic rings. The van der Waals surface area contributed by atoms with Gasteiger partial charge in [0.2, 0.25) is 5.91 Å². The Morgan fingerprint density at radius 1 is 1.55 bits per heavy atom. The van der Waals surface area contributed by atoms with Crippen molar-refractivity contribution in [2.24, 2.45) is 12.8 Å². The van der Waals surface area contributed by atoms with E-state index in [0.717, 1.165) is 31.2 Å². The van der Waals surface area contributed by atoms with Gasteiger partial charge in [-0.2, -0.15) is 5.10 Å². The molecular weight excluding hydrogens is 282 g/mol. The molecule has 2 unspecified atom stereocenters. The van der Waals surface area contributed by atoms with E-state index in [0.29, 0.717) is 13.0 Å². The predicted octanol–water partition coefficient (Wildman–Crippen LogP) is 1.31. The third-order valence-corrected chi connectivity index (χ3v) is 4.11. The largest absolute Gasteiger partial charge is 0.352 e. The average molecular weight is 307 g/mol. The molecule has 3 N–H and O–H groups in total. The molecular formula is C15H25N5O2. The molecule has 0 saturated carbocycles. The van der Waals surface area contributed by atoms with E-state index in [1.165, 1.54) is 0 Å². The number of carbonyl (C=O) groups is 2. The van der Waals surface area contributed by atoms with Crippen LogP contribution in [0.15, 0.2) is 12.4 Å². The second-order valence-electron chi connectivity index (χ2n) is 5.84. The van der Waals surface area contributed by atoms with Crippen LogP contribution in [-0.2, 0) is 11.8 Å². The first-order chi connectivity index (χ1) is 10.5. The lowest BCUT2D eigenvalue weighted by molar-refractivity contribution is -0.134. The van der Waals surface area contributed by atoms with E-state index in [1.807, 2.05) is 18.1 Å². The number of unbranched alkanes of at least 4 members (excludes halogenated alkanes) is 1. The summed E-state index contributed by atoms with van der Waals surface area (Å²) in [6.45, 7) is 2.77. The Morgan fingerprint density at radius 3 is 2.91 bits per heavy atom. The van der Waals surface area contributed by atoms with Crippen LogP contribution in [0.25, 0.3) is 0 Å². The van der Waals surface area contributed by atoms with Gasteiger partial charge in [-0.1, -0.05) is 19.8 Å². The number of aryl methyl sites for hydroxylation is 1. The minimum atomic E-state index is -0.647. The van der Waals surface area contributed by atoms with Gasteiger partial charge < -0.3 is 16.0 Å². The molecule has 1 saturated heterocycles. The summed E-state index contributed by atoms with van der Waals surface area (Å²) in [5.41, 5.74) is 6.26. The standard InChI is InChI=1S/C15H25N5O2/c1-3-4-6-12(18-15(16)22)14(21)20-8-5-7-13(20)11-9-17-19(2)10-11/h9-10,12-13H,3-8H2,1-2H3,(H3,16,18,22). The zero-order valence-corrected chi connectivity index (χ0v) is 13.3. The SMILES string of the molecule is CCCCC(NC(N)=O)C(=O)N1CCCC1c1cnn(C)c1. The minimum Gasteiger partial charge on any atom is -0.352 e. The number of urea groups is 1. The lowest BCUT2D eigenvalue weighted by Gasteiger charge is -2.28. The first-order valence-electron chi connectivity index (χ1n) is 7.88. The van der Waals surface area contributed by atoms with Crippen molar-refractivity contribution in [3.63, 3.8) is 0 Å². The van der Waals surface area contributed by atoms with E-state index in [2.05, 4.69) is 17.3 Å². The van der Waals surface area contributed by atoms with Gasteiger partial charge in [-0.3, -0.25) is 9.48 Å². The quantitative estimate of drug-likeness (QED) is 0.829. The smallest absolute Gasteiger partial charge is 0.312 e. The second kappa shape index (κ2) is 7.29. The molecule has 1 fully saturated rings. The summed E-state index contributed by atoms with van der Waals surface area (Å²) in [4.78, 5) is 25.8. The Hall–Kier alpha value is -2.05. The van der Waals surface area contributed by atoms with Crippen molar-refractivity contribution in [2.75, 3.05) is 6.54 Å². The summed E-state index contributed by atoms with van der Waals surface area (Å²) in [7, 11) is 1.86. The number of likely N-dealkylation sites (tertiary alicyclic amines) is 1. The van der Waals surface area contributed by atoms with Gasteiger partial charge in [-0.15, -0.1) is 0 Å². The molecule has 22 heavy (non-hydrogen) atoms. The highest BCUT2D eigenvalue weighted by Crippen LogP contribution is 2.32. The van der Waals surface area contributed by atoms with Gasteiger partial charge >= 0.3 is 6.03 Å². The fourth-order valence-electron chi connectivity index (χ4n) is 3.03. The number of rotatable bonds is 6. The van der Waals surface area contributed by atoms with Crippen LogP contribution in [0.5, 0.6) is 0 Å². The van der Waals surface area contributed by atoms with Crippen LogP contribution in [0.2, 0.25) is 0 Å². The first-order valence-corrected chi connectivity index (χ1v) is 7.88. The van der Waals surface area contributed by atoms with E-state index in [4.69, 9.17) is 5.73 Å². The molecule has 0 bridgehead atoms. The highest BCUT2D eigenvalue weighted by atomic mass is 16.2. The molecule has 2 heterocycles. The van der Waals surface area contributed by atoms with Crippen LogP contribution in [0.3, 0.4) is 0 Å². The van der Waals surface area contributed by atoms with Gasteiger partial charge in [-0.25, -0.2) is 4.79 Å². The number of hydrogen-bond acceptors (Lipinski definition) is 3. The lowest BCUT2D eigenvalue weighted by Crippen LogP contribution is -2.49. The van der Waals surface area contributed by atoms with Gasteiger partial charge in [0, 0.05) is 25.4 Å². The summed E-state index contributed by atoms with van der Waals surface area (Å²) >= 11 is 0. The molecule has 0 aliphatic carbocycles. The average Bonchev–Trinajstić information content (AvgIpc) is 3.10. The van der Waals surface area contributed by atoms with Crippen LogP contribution < -0.4 is 11.1 Å². The Balaban J connectivity index is 2.11. The Kier molecular flexibility index (Phi) is 5.41. The van der Waals surface area contributed by atoms with Gasteiger partial charge in [0.1, 0.15) is 6.04 Å². The molecule has 1 aliphatic heterocycles. The van der Waals surface area contributed by atoms with E-state index < -0.39 is 12.1 Å². The molecule has 7 nitrogen and oxygen atoms in total. The minimum absolute atomic E-state index is 0.0417. The summed E-state index contributed by atoms with van der Waals surface area (Å²) in [6, 6.07) is -1.14. The van der Waals surface area contributed by atoms with Crippen LogP contribution >= 0.6 is 0 Å². The summed E-state index contributed by atoms with van der Waals surface area (Å²) < 4.78 is 1.74. The number of carbonyl (C=O) groups excluding carboxylic acids is 2. The zero-order chi connectivity index (χ0) is 16.1. The molecule has 3 amide bonds. The van der Waals surface area contributed by atoms with E-state index in [-0.39, 0.29) is 11.9 Å². The summed E-state index contributed by atoms with van der Waals surface area (Å²) in [6.07, 6.45) is 8.10. The van der Waals surface area contributed by atoms with Gasteiger partial charge in [-0.05, 0) is 19.3 Å². The van der Waals surface area contributed by atoms with E-state index in [1.54, 1.807) is 10.9 Å². The maximum absolute atomic E-state index is 12.8. The third kappa shape index (κ3) is 3.78. The van der Waals surface area contributed by atoms with Crippen molar-refractivity contribution < 1.29 is 9.59 Å². The highest BCUT2D eigenvalue weighted by Gasteiger charge is 2.34. The lowest BCUT2D eigenvalue weighted by atomic mass is 10.1. The number of hydrogen-bond donors (Lipinski definition) is 2. The molecule has 0 spiro atoms. The summed E-state index contributed by atoms with van der Waals surface area (Å²) in [5, 5.41) is 6.78. The number of amides is 3.